The lowest BCUT2D eigenvalue weighted by molar-refractivity contribution is -0.116. The van der Waals surface area contributed by atoms with Crippen LogP contribution in [0.1, 0.15) is 52.7 Å². The van der Waals surface area contributed by atoms with Crippen LogP contribution in [0.5, 0.6) is 0 Å². The van der Waals surface area contributed by atoms with Crippen LogP contribution in [0.3, 0.4) is 0 Å². The van der Waals surface area contributed by atoms with Gasteiger partial charge >= 0.3 is 0 Å². The highest BCUT2D eigenvalue weighted by molar-refractivity contribution is 9.10. The number of amides is 1. The molecule has 194 valence electrons. The molecule has 7 nitrogen and oxygen atoms in total. The van der Waals surface area contributed by atoms with Crippen molar-refractivity contribution in [2.75, 3.05) is 18.4 Å². The number of nitrogens with zero attached hydrogens (tertiary/aromatic N) is 3. The highest BCUT2D eigenvalue weighted by atomic mass is 79.9. The lowest BCUT2D eigenvalue weighted by Crippen LogP contribution is -2.39. The van der Waals surface area contributed by atoms with E-state index in [9.17, 15) is 13.2 Å². The van der Waals surface area contributed by atoms with Gasteiger partial charge in [0.25, 0.3) is 0 Å². The minimum atomic E-state index is -3.86. The fraction of sp³-hybridized carbons (Fsp3) is 0.385. The van der Waals surface area contributed by atoms with Gasteiger partial charge in [0.15, 0.2) is 0 Å². The number of carbonyl (C=O) groups excluding carboxylic acids is 1. The first kappa shape index (κ1) is 28.4. The molecule has 0 bridgehead atoms. The Hall–Kier alpha value is -2.20. The summed E-state index contributed by atoms with van der Waals surface area (Å²) in [5.41, 5.74) is 1.11. The molecule has 0 fully saturated rings. The number of para-hydroxylation sites is 1. The number of hydrogen-bond donors (Lipinski definition) is 1. The van der Waals surface area contributed by atoms with E-state index in [0.29, 0.717) is 22.9 Å². The maximum Gasteiger partial charge on any atom is 0.243 e. The van der Waals surface area contributed by atoms with E-state index in [4.69, 9.17) is 16.7 Å². The molecule has 0 saturated carbocycles. The zero-order chi connectivity index (χ0) is 26.5. The van der Waals surface area contributed by atoms with E-state index >= 15 is 0 Å². The molecule has 10 heteroatoms. The fourth-order valence-corrected chi connectivity index (χ4v) is 5.48. The van der Waals surface area contributed by atoms with Gasteiger partial charge in [-0.3, -0.25) is 4.79 Å². The summed E-state index contributed by atoms with van der Waals surface area (Å²) in [6.07, 6.45) is 2.46. The Balaban J connectivity index is 1.91. The Kier molecular flexibility index (Phi) is 9.38. The number of aromatic nitrogens is 2. The molecule has 0 aliphatic carbocycles. The van der Waals surface area contributed by atoms with Crippen molar-refractivity contribution in [1.82, 2.24) is 14.1 Å². The van der Waals surface area contributed by atoms with Gasteiger partial charge in [-0.1, -0.05) is 80.2 Å². The second-order valence-corrected chi connectivity index (χ2v) is 12.8. The third-order valence-electron chi connectivity index (χ3n) is 5.61. The summed E-state index contributed by atoms with van der Waals surface area (Å²) in [5, 5.41) is 8.04. The molecule has 3 aromatic rings. The number of nitrogens with one attached hydrogen (secondary N) is 1. The number of anilines is 1. The number of halogens is 2. The van der Waals surface area contributed by atoms with Crippen molar-refractivity contribution in [2.45, 2.75) is 57.3 Å². The van der Waals surface area contributed by atoms with E-state index in [-0.39, 0.29) is 23.4 Å². The number of sulfonamides is 1. The summed E-state index contributed by atoms with van der Waals surface area (Å²) in [5.74, 6) is -0.0339. The topological polar surface area (TPSA) is 84.3 Å². The Morgan fingerprint density at radius 3 is 2.39 bits per heavy atom. The van der Waals surface area contributed by atoms with Crippen LogP contribution in [0.25, 0.3) is 5.69 Å². The molecule has 1 amide bonds. The summed E-state index contributed by atoms with van der Waals surface area (Å²) in [4.78, 5) is 13.4. The number of hydrogen-bond acceptors (Lipinski definition) is 4. The van der Waals surface area contributed by atoms with Crippen molar-refractivity contribution in [3.8, 4) is 5.69 Å². The van der Waals surface area contributed by atoms with E-state index in [1.165, 1.54) is 16.4 Å². The minimum absolute atomic E-state index is 0.145. The second-order valence-electron chi connectivity index (χ2n) is 9.58. The Labute approximate surface area is 227 Å². The maximum absolute atomic E-state index is 13.4. The molecule has 3 rings (SSSR count). The molecule has 0 aliphatic rings. The van der Waals surface area contributed by atoms with Crippen LogP contribution in [0.15, 0.2) is 64.0 Å². The molecule has 1 N–H and O–H groups in total. The first-order valence-electron chi connectivity index (χ1n) is 11.8. The molecular weight excluding hydrogens is 564 g/mol. The monoisotopic (exact) mass is 594 g/mol. The highest BCUT2D eigenvalue weighted by Crippen LogP contribution is 2.29. The second kappa shape index (κ2) is 11.9. The van der Waals surface area contributed by atoms with E-state index in [2.05, 4.69) is 21.2 Å². The third kappa shape index (κ3) is 6.97. The van der Waals surface area contributed by atoms with Gasteiger partial charge < -0.3 is 5.32 Å². The van der Waals surface area contributed by atoms with Crippen molar-refractivity contribution in [2.24, 2.45) is 0 Å². The van der Waals surface area contributed by atoms with E-state index in [1.807, 2.05) is 45.9 Å². The molecule has 0 atom stereocenters. The number of rotatable bonds is 10. The van der Waals surface area contributed by atoms with Crippen LogP contribution in [-0.4, -0.2) is 41.5 Å². The highest BCUT2D eigenvalue weighted by Gasteiger charge is 2.28. The molecule has 0 aliphatic heterocycles. The van der Waals surface area contributed by atoms with Gasteiger partial charge in [0.05, 0.1) is 27.8 Å². The summed E-state index contributed by atoms with van der Waals surface area (Å²) in [7, 11) is -3.86. The van der Waals surface area contributed by atoms with Crippen molar-refractivity contribution >= 4 is 49.3 Å². The van der Waals surface area contributed by atoms with Gasteiger partial charge in [-0.15, -0.1) is 0 Å². The molecule has 2 aromatic carbocycles. The SMILES string of the molecule is CCCCCN(CC(=O)Nc1cc(C(C)(C)C)nn1-c1ccccc1Cl)S(=O)(=O)c1ccc(Br)cc1. The van der Waals surface area contributed by atoms with Crippen LogP contribution < -0.4 is 5.32 Å². The maximum atomic E-state index is 13.4. The summed E-state index contributed by atoms with van der Waals surface area (Å²) in [6, 6.07) is 15.4. The molecule has 36 heavy (non-hydrogen) atoms. The average Bonchev–Trinajstić information content (AvgIpc) is 3.23. The molecule has 0 saturated heterocycles. The Morgan fingerprint density at radius 1 is 1.11 bits per heavy atom. The molecular formula is C26H32BrClN4O3S. The van der Waals surface area contributed by atoms with Gasteiger partial charge in [-0.25, -0.2) is 13.1 Å². The van der Waals surface area contributed by atoms with Crippen LogP contribution in [0, 0.1) is 0 Å². The quantitative estimate of drug-likeness (QED) is 0.275. The predicted molar refractivity (Wildman–Crippen MR) is 148 cm³/mol. The fourth-order valence-electron chi connectivity index (χ4n) is 3.56. The van der Waals surface area contributed by atoms with Gasteiger partial charge in [0.2, 0.25) is 15.9 Å². The van der Waals surface area contributed by atoms with Gasteiger partial charge in [0, 0.05) is 22.5 Å². The largest absolute Gasteiger partial charge is 0.309 e. The number of carbonyl (C=O) groups is 1. The Bertz CT molecular complexity index is 1300. The standard InChI is InChI=1S/C26H32BrClN4O3S/c1-5-6-9-16-31(36(34,35)20-14-12-19(27)13-15-20)18-25(33)29-24-17-23(26(2,3)4)30-32(24)22-11-8-7-10-21(22)28/h7-8,10-15,17H,5-6,9,16,18H2,1-4H3,(H,29,33). The predicted octanol–water partition coefficient (Wildman–Crippen LogP) is 6.41. The van der Waals surface area contributed by atoms with E-state index in [0.717, 1.165) is 23.0 Å². The number of benzene rings is 2. The summed E-state index contributed by atoms with van der Waals surface area (Å²) >= 11 is 9.75. The van der Waals surface area contributed by atoms with Crippen molar-refractivity contribution in [1.29, 1.82) is 0 Å². The van der Waals surface area contributed by atoms with Crippen LogP contribution >= 0.6 is 27.5 Å². The van der Waals surface area contributed by atoms with Gasteiger partial charge in [-0.05, 0) is 42.8 Å². The van der Waals surface area contributed by atoms with Crippen molar-refractivity contribution in [3.05, 3.63) is 69.8 Å². The molecule has 0 radical (unpaired) electrons. The third-order valence-corrected chi connectivity index (χ3v) is 8.32. The molecule has 0 spiro atoms. The Morgan fingerprint density at radius 2 is 1.78 bits per heavy atom. The summed E-state index contributed by atoms with van der Waals surface area (Å²) < 4.78 is 30.4. The molecule has 0 unspecified atom stereocenters. The lowest BCUT2D eigenvalue weighted by Gasteiger charge is -2.22. The van der Waals surface area contributed by atoms with Gasteiger partial charge in [-0.2, -0.15) is 9.40 Å². The first-order valence-corrected chi connectivity index (χ1v) is 14.5. The molecule has 1 aromatic heterocycles. The van der Waals surface area contributed by atoms with E-state index < -0.39 is 15.9 Å². The lowest BCUT2D eigenvalue weighted by atomic mass is 9.92. The zero-order valence-electron chi connectivity index (χ0n) is 21.0. The van der Waals surface area contributed by atoms with Gasteiger partial charge in [0.1, 0.15) is 5.82 Å². The smallest absolute Gasteiger partial charge is 0.243 e. The van der Waals surface area contributed by atoms with Crippen LogP contribution in [0.2, 0.25) is 5.02 Å². The number of unbranched alkanes of at least 4 members (excludes halogenated alkanes) is 2. The molecule has 1 heterocycles. The van der Waals surface area contributed by atoms with Crippen molar-refractivity contribution < 1.29 is 13.2 Å². The normalized spacial score (nSPS) is 12.2. The van der Waals surface area contributed by atoms with Crippen LogP contribution in [-0.2, 0) is 20.2 Å². The average molecular weight is 596 g/mol. The van der Waals surface area contributed by atoms with Crippen molar-refractivity contribution in [3.63, 3.8) is 0 Å². The minimum Gasteiger partial charge on any atom is -0.309 e. The first-order chi connectivity index (χ1) is 16.9. The van der Waals surface area contributed by atoms with Crippen LogP contribution in [0.4, 0.5) is 5.82 Å². The zero-order valence-corrected chi connectivity index (χ0v) is 24.1. The summed E-state index contributed by atoms with van der Waals surface area (Å²) in [6.45, 7) is 8.05. The van der Waals surface area contributed by atoms with E-state index in [1.54, 1.807) is 28.9 Å².